The van der Waals surface area contributed by atoms with Gasteiger partial charge in [0, 0.05) is 12.1 Å². The minimum Gasteiger partial charge on any atom is -0.496 e. The summed E-state index contributed by atoms with van der Waals surface area (Å²) in [6.45, 7) is 1.90. The molecule has 2 aromatic carbocycles. The lowest BCUT2D eigenvalue weighted by Crippen LogP contribution is -2.35. The number of methoxy groups -OCH3 is 2. The molecule has 2 aromatic rings. The Morgan fingerprint density at radius 2 is 1.79 bits per heavy atom. The smallest absolute Gasteiger partial charge is 0.268 e. The van der Waals surface area contributed by atoms with Crippen LogP contribution in [0.25, 0.3) is 0 Å². The van der Waals surface area contributed by atoms with Crippen molar-refractivity contribution in [2.45, 2.75) is 24.3 Å². The third-order valence-electron chi connectivity index (χ3n) is 4.12. The van der Waals surface area contributed by atoms with Crippen molar-refractivity contribution in [2.75, 3.05) is 18.5 Å². The van der Waals surface area contributed by atoms with Crippen LogP contribution in [0.15, 0.2) is 45.8 Å². The van der Waals surface area contributed by atoms with Crippen molar-refractivity contribution in [3.63, 3.8) is 0 Å². The van der Waals surface area contributed by atoms with Crippen molar-refractivity contribution >= 4 is 31.6 Å². The van der Waals surface area contributed by atoms with Crippen molar-refractivity contribution in [1.29, 1.82) is 0 Å². The molecule has 1 heterocycles. The second-order valence-electron chi connectivity index (χ2n) is 5.62. The molecule has 0 amide bonds. The quantitative estimate of drug-likeness (QED) is 0.770. The first-order valence-electron chi connectivity index (χ1n) is 7.44. The molecule has 5 nitrogen and oxygen atoms in total. The van der Waals surface area contributed by atoms with Gasteiger partial charge in [0.25, 0.3) is 10.0 Å². The first kappa shape index (κ1) is 17.1. The van der Waals surface area contributed by atoms with Crippen LogP contribution in [0, 0.1) is 0 Å². The molecule has 1 aliphatic heterocycles. The average Bonchev–Trinajstić information content (AvgIpc) is 2.90. The summed E-state index contributed by atoms with van der Waals surface area (Å²) in [5, 5.41) is 0. The van der Waals surface area contributed by atoms with E-state index in [0.29, 0.717) is 22.3 Å². The molecule has 0 fully saturated rings. The Morgan fingerprint density at radius 1 is 1.12 bits per heavy atom. The van der Waals surface area contributed by atoms with Crippen LogP contribution in [0.1, 0.15) is 12.5 Å². The third-order valence-corrected chi connectivity index (χ3v) is 6.69. The number of ether oxygens (including phenoxy) is 2. The molecule has 3 rings (SSSR count). The monoisotopic (exact) mass is 411 g/mol. The van der Waals surface area contributed by atoms with Crippen LogP contribution in [0.5, 0.6) is 11.5 Å². The molecule has 1 atom stereocenters. The standard InChI is InChI=1S/C17H18BrNO4S/c1-11-8-12-6-4-5-7-14(12)19(11)24(20,21)17-10-15(22-2)13(18)9-16(17)23-3/h4-7,9-11H,8H2,1-3H3. The van der Waals surface area contributed by atoms with E-state index in [9.17, 15) is 8.42 Å². The Labute approximate surface area is 150 Å². The highest BCUT2D eigenvalue weighted by atomic mass is 79.9. The second kappa shape index (κ2) is 6.29. The fraction of sp³-hybridized carbons (Fsp3) is 0.294. The summed E-state index contributed by atoms with van der Waals surface area (Å²) in [4.78, 5) is 0.0913. The van der Waals surface area contributed by atoms with Crippen LogP contribution >= 0.6 is 15.9 Å². The topological polar surface area (TPSA) is 55.8 Å². The number of sulfonamides is 1. The lowest BCUT2D eigenvalue weighted by molar-refractivity contribution is 0.390. The molecule has 1 aliphatic rings. The summed E-state index contributed by atoms with van der Waals surface area (Å²) >= 11 is 3.36. The van der Waals surface area contributed by atoms with Gasteiger partial charge in [-0.05, 0) is 47.0 Å². The molecule has 7 heteroatoms. The van der Waals surface area contributed by atoms with Crippen LogP contribution in [0.2, 0.25) is 0 Å². The molecule has 0 bridgehead atoms. The molecule has 1 unspecified atom stereocenters. The maximum atomic E-state index is 13.3. The lowest BCUT2D eigenvalue weighted by Gasteiger charge is -2.25. The molecule has 0 saturated heterocycles. The summed E-state index contributed by atoms with van der Waals surface area (Å²) in [6.07, 6.45) is 0.686. The zero-order chi connectivity index (χ0) is 17.5. The summed E-state index contributed by atoms with van der Waals surface area (Å²) in [7, 11) is -0.836. The normalized spacial score (nSPS) is 16.8. The van der Waals surface area contributed by atoms with Gasteiger partial charge in [-0.15, -0.1) is 0 Å². The number of hydrogen-bond donors (Lipinski definition) is 0. The van der Waals surface area contributed by atoms with Gasteiger partial charge < -0.3 is 9.47 Å². The van der Waals surface area contributed by atoms with Crippen molar-refractivity contribution in [3.8, 4) is 11.5 Å². The number of para-hydroxylation sites is 1. The Hall–Kier alpha value is -1.73. The van der Waals surface area contributed by atoms with E-state index < -0.39 is 10.0 Å². The highest BCUT2D eigenvalue weighted by Gasteiger charge is 2.37. The number of benzene rings is 2. The fourth-order valence-corrected chi connectivity index (χ4v) is 5.38. The van der Waals surface area contributed by atoms with Crippen LogP contribution < -0.4 is 13.8 Å². The Kier molecular flexibility index (Phi) is 4.48. The van der Waals surface area contributed by atoms with E-state index in [1.165, 1.54) is 24.6 Å². The zero-order valence-corrected chi connectivity index (χ0v) is 16.0. The van der Waals surface area contributed by atoms with Crippen LogP contribution in [0.4, 0.5) is 5.69 Å². The summed E-state index contributed by atoms with van der Waals surface area (Å²) in [6, 6.07) is 10.5. The molecule has 0 aromatic heterocycles. The molecule has 0 N–H and O–H groups in total. The van der Waals surface area contributed by atoms with E-state index in [1.807, 2.05) is 31.2 Å². The molecule has 0 spiro atoms. The molecule has 0 aliphatic carbocycles. The number of anilines is 1. The maximum absolute atomic E-state index is 13.3. The minimum atomic E-state index is -3.79. The van der Waals surface area contributed by atoms with Crippen LogP contribution in [0.3, 0.4) is 0 Å². The van der Waals surface area contributed by atoms with Gasteiger partial charge in [0.05, 0.1) is 24.4 Å². The van der Waals surface area contributed by atoms with Gasteiger partial charge in [-0.1, -0.05) is 18.2 Å². The van der Waals surface area contributed by atoms with Gasteiger partial charge >= 0.3 is 0 Å². The van der Waals surface area contributed by atoms with Gasteiger partial charge in [0.2, 0.25) is 0 Å². The molecule has 24 heavy (non-hydrogen) atoms. The molecule has 0 radical (unpaired) electrons. The van der Waals surface area contributed by atoms with Crippen molar-refractivity contribution in [1.82, 2.24) is 0 Å². The number of hydrogen-bond acceptors (Lipinski definition) is 4. The zero-order valence-electron chi connectivity index (χ0n) is 13.6. The average molecular weight is 412 g/mol. The predicted molar refractivity (Wildman–Crippen MR) is 96.5 cm³/mol. The minimum absolute atomic E-state index is 0.0913. The first-order valence-corrected chi connectivity index (χ1v) is 9.67. The van der Waals surface area contributed by atoms with E-state index in [4.69, 9.17) is 9.47 Å². The highest BCUT2D eigenvalue weighted by molar-refractivity contribution is 9.10. The van der Waals surface area contributed by atoms with Crippen LogP contribution in [-0.2, 0) is 16.4 Å². The molecular weight excluding hydrogens is 394 g/mol. The van der Waals surface area contributed by atoms with E-state index in [2.05, 4.69) is 15.9 Å². The largest absolute Gasteiger partial charge is 0.496 e. The van der Waals surface area contributed by atoms with E-state index in [0.717, 1.165) is 5.56 Å². The van der Waals surface area contributed by atoms with Gasteiger partial charge in [-0.25, -0.2) is 8.42 Å². The maximum Gasteiger partial charge on any atom is 0.268 e. The highest BCUT2D eigenvalue weighted by Crippen LogP contribution is 2.41. The summed E-state index contributed by atoms with van der Waals surface area (Å²) in [5.74, 6) is 0.716. The molecular formula is C17H18BrNO4S. The Bertz CT molecular complexity index is 882. The number of halogens is 1. The van der Waals surface area contributed by atoms with Crippen molar-refractivity contribution in [2.24, 2.45) is 0 Å². The van der Waals surface area contributed by atoms with E-state index >= 15 is 0 Å². The summed E-state index contributed by atoms with van der Waals surface area (Å²) < 4.78 is 39.3. The SMILES string of the molecule is COc1cc(S(=O)(=O)N2c3ccccc3CC2C)c(OC)cc1Br. The van der Waals surface area contributed by atoms with Gasteiger partial charge in [0.15, 0.2) is 0 Å². The third kappa shape index (κ3) is 2.65. The predicted octanol–water partition coefficient (Wildman–Crippen LogP) is 3.61. The Morgan fingerprint density at radius 3 is 2.46 bits per heavy atom. The second-order valence-corrected chi connectivity index (χ2v) is 8.26. The lowest BCUT2D eigenvalue weighted by atomic mass is 10.1. The molecule has 128 valence electrons. The Balaban J connectivity index is 2.19. The van der Waals surface area contributed by atoms with E-state index in [-0.39, 0.29) is 16.7 Å². The van der Waals surface area contributed by atoms with Crippen molar-refractivity contribution in [3.05, 3.63) is 46.4 Å². The van der Waals surface area contributed by atoms with Gasteiger partial charge in [-0.3, -0.25) is 4.31 Å². The van der Waals surface area contributed by atoms with E-state index in [1.54, 1.807) is 6.07 Å². The van der Waals surface area contributed by atoms with Crippen LogP contribution in [-0.4, -0.2) is 28.7 Å². The number of nitrogens with zero attached hydrogens (tertiary/aromatic N) is 1. The van der Waals surface area contributed by atoms with Gasteiger partial charge in [0.1, 0.15) is 16.4 Å². The molecule has 0 saturated carbocycles. The van der Waals surface area contributed by atoms with Crippen molar-refractivity contribution < 1.29 is 17.9 Å². The number of fused-ring (bicyclic) bond motifs is 1. The van der Waals surface area contributed by atoms with Gasteiger partial charge in [-0.2, -0.15) is 0 Å². The number of rotatable bonds is 4. The fourth-order valence-electron chi connectivity index (χ4n) is 3.04. The summed E-state index contributed by atoms with van der Waals surface area (Å²) in [5.41, 5.74) is 1.74. The first-order chi connectivity index (χ1) is 11.4.